The van der Waals surface area contributed by atoms with Gasteiger partial charge in [-0.25, -0.2) is 0 Å². The van der Waals surface area contributed by atoms with Crippen LogP contribution in [0.5, 0.6) is 0 Å². The fourth-order valence-electron chi connectivity index (χ4n) is 1.80. The number of benzene rings is 1. The van der Waals surface area contributed by atoms with Crippen molar-refractivity contribution in [2.45, 2.75) is 32.4 Å². The maximum absolute atomic E-state index is 11.7. The van der Waals surface area contributed by atoms with Crippen LogP contribution in [0.15, 0.2) is 24.3 Å². The monoisotopic (exact) mass is 276 g/mol. The summed E-state index contributed by atoms with van der Waals surface area (Å²) in [6.45, 7) is 2.34. The molecule has 1 fully saturated rings. The molecule has 1 unspecified atom stereocenters. The van der Waals surface area contributed by atoms with Gasteiger partial charge >= 0.3 is 0 Å². The molecule has 0 aromatic heterocycles. The van der Waals surface area contributed by atoms with Crippen LogP contribution >= 0.6 is 0 Å². The quantitative estimate of drug-likeness (QED) is 0.720. The van der Waals surface area contributed by atoms with Gasteiger partial charge in [-0.05, 0) is 37.5 Å². The Morgan fingerprint density at radius 2 is 1.90 bits per heavy atom. The van der Waals surface area contributed by atoms with Crippen LogP contribution in [0.1, 0.15) is 35.7 Å². The van der Waals surface area contributed by atoms with Crippen LogP contribution in [-0.4, -0.2) is 29.6 Å². The van der Waals surface area contributed by atoms with E-state index in [1.165, 1.54) is 0 Å². The maximum Gasteiger partial charge on any atom is 0.251 e. The van der Waals surface area contributed by atoms with Crippen molar-refractivity contribution in [3.8, 4) is 0 Å². The summed E-state index contributed by atoms with van der Waals surface area (Å²) in [6.07, 6.45) is 1.43. The number of aliphatic hydroxyl groups excluding tert-OH is 1. The number of nitrogens with one attached hydrogen (secondary N) is 2. The highest BCUT2D eigenvalue weighted by Gasteiger charge is 2.29. The lowest BCUT2D eigenvalue weighted by Gasteiger charge is -2.08. The third-order valence-electron chi connectivity index (χ3n) is 3.19. The number of rotatable bonds is 6. The van der Waals surface area contributed by atoms with Gasteiger partial charge in [0, 0.05) is 24.6 Å². The van der Waals surface area contributed by atoms with Crippen LogP contribution in [0.4, 0.5) is 0 Å². The van der Waals surface area contributed by atoms with E-state index in [0.29, 0.717) is 12.1 Å². The van der Waals surface area contributed by atoms with Crippen LogP contribution in [0.3, 0.4) is 0 Å². The molecule has 0 radical (unpaired) electrons. The SMILES string of the molecule is CC(O)CNC(=O)c1ccc(CNC(=O)C2CC2)cc1. The second-order valence-electron chi connectivity index (χ2n) is 5.25. The van der Waals surface area contributed by atoms with E-state index in [9.17, 15) is 9.59 Å². The average Bonchev–Trinajstić information content (AvgIpc) is 3.27. The first kappa shape index (κ1) is 14.5. The molecule has 1 aliphatic carbocycles. The van der Waals surface area contributed by atoms with Gasteiger partial charge in [0.1, 0.15) is 0 Å². The van der Waals surface area contributed by atoms with E-state index in [2.05, 4.69) is 10.6 Å². The molecule has 1 aromatic carbocycles. The van der Waals surface area contributed by atoms with Gasteiger partial charge in [-0.2, -0.15) is 0 Å². The van der Waals surface area contributed by atoms with Crippen molar-refractivity contribution in [3.63, 3.8) is 0 Å². The molecular weight excluding hydrogens is 256 g/mol. The summed E-state index contributed by atoms with van der Waals surface area (Å²) in [6, 6.07) is 7.08. The molecule has 0 heterocycles. The van der Waals surface area contributed by atoms with Gasteiger partial charge in [-0.15, -0.1) is 0 Å². The van der Waals surface area contributed by atoms with Crippen molar-refractivity contribution in [2.24, 2.45) is 5.92 Å². The number of hydrogen-bond donors (Lipinski definition) is 3. The lowest BCUT2D eigenvalue weighted by atomic mass is 10.1. The van der Waals surface area contributed by atoms with Crippen LogP contribution in [0.25, 0.3) is 0 Å². The molecule has 5 nitrogen and oxygen atoms in total. The molecule has 1 aliphatic rings. The van der Waals surface area contributed by atoms with E-state index in [0.717, 1.165) is 18.4 Å². The van der Waals surface area contributed by atoms with Gasteiger partial charge in [0.2, 0.25) is 5.91 Å². The van der Waals surface area contributed by atoms with Crippen molar-refractivity contribution >= 4 is 11.8 Å². The molecule has 5 heteroatoms. The van der Waals surface area contributed by atoms with E-state index < -0.39 is 6.10 Å². The zero-order chi connectivity index (χ0) is 14.5. The fourth-order valence-corrected chi connectivity index (χ4v) is 1.80. The standard InChI is InChI=1S/C15H20N2O3/c1-10(18)8-16-14(19)12-4-2-11(3-5-12)9-17-15(20)13-6-7-13/h2-5,10,13,18H,6-9H2,1H3,(H,16,19)(H,17,20). The molecule has 1 atom stereocenters. The van der Waals surface area contributed by atoms with Crippen molar-refractivity contribution in [1.82, 2.24) is 10.6 Å². The zero-order valence-corrected chi connectivity index (χ0v) is 11.6. The molecule has 0 bridgehead atoms. The topological polar surface area (TPSA) is 78.4 Å². The third kappa shape index (κ3) is 4.35. The van der Waals surface area contributed by atoms with Crippen molar-refractivity contribution < 1.29 is 14.7 Å². The molecule has 3 N–H and O–H groups in total. The zero-order valence-electron chi connectivity index (χ0n) is 11.6. The van der Waals surface area contributed by atoms with Crippen LogP contribution in [-0.2, 0) is 11.3 Å². The Labute approximate surface area is 118 Å². The van der Waals surface area contributed by atoms with Crippen molar-refractivity contribution in [2.75, 3.05) is 6.54 Å². The minimum Gasteiger partial charge on any atom is -0.392 e. The molecule has 1 saturated carbocycles. The Bertz CT molecular complexity index is 478. The third-order valence-corrected chi connectivity index (χ3v) is 3.19. The normalized spacial score (nSPS) is 15.5. The molecule has 0 aliphatic heterocycles. The second kappa shape index (κ2) is 6.52. The van der Waals surface area contributed by atoms with E-state index in [1.807, 2.05) is 12.1 Å². The summed E-state index contributed by atoms with van der Waals surface area (Å²) in [7, 11) is 0. The smallest absolute Gasteiger partial charge is 0.251 e. The minimum absolute atomic E-state index is 0.115. The Balaban J connectivity index is 1.82. The van der Waals surface area contributed by atoms with E-state index in [1.54, 1.807) is 19.1 Å². The van der Waals surface area contributed by atoms with Gasteiger partial charge in [-0.3, -0.25) is 9.59 Å². The Morgan fingerprint density at radius 1 is 1.25 bits per heavy atom. The first-order valence-corrected chi connectivity index (χ1v) is 6.89. The number of carbonyl (C=O) groups is 2. The Morgan fingerprint density at radius 3 is 2.45 bits per heavy atom. The molecule has 0 saturated heterocycles. The lowest BCUT2D eigenvalue weighted by molar-refractivity contribution is -0.122. The van der Waals surface area contributed by atoms with Gasteiger partial charge in [0.15, 0.2) is 0 Å². The molecule has 20 heavy (non-hydrogen) atoms. The van der Waals surface area contributed by atoms with Gasteiger partial charge in [-0.1, -0.05) is 12.1 Å². The number of amides is 2. The van der Waals surface area contributed by atoms with Crippen LogP contribution in [0.2, 0.25) is 0 Å². The molecule has 0 spiro atoms. The first-order valence-electron chi connectivity index (χ1n) is 6.89. The van der Waals surface area contributed by atoms with Crippen LogP contribution in [0, 0.1) is 5.92 Å². The van der Waals surface area contributed by atoms with E-state index in [4.69, 9.17) is 5.11 Å². The van der Waals surface area contributed by atoms with Crippen molar-refractivity contribution in [3.05, 3.63) is 35.4 Å². The summed E-state index contributed by atoms with van der Waals surface area (Å²) < 4.78 is 0. The van der Waals surface area contributed by atoms with E-state index >= 15 is 0 Å². The summed E-state index contributed by atoms with van der Waals surface area (Å²) in [5, 5.41) is 14.6. The predicted octanol–water partition coefficient (Wildman–Crippen LogP) is 0.823. The number of carbonyl (C=O) groups excluding carboxylic acids is 2. The lowest BCUT2D eigenvalue weighted by Crippen LogP contribution is -2.30. The predicted molar refractivity (Wildman–Crippen MR) is 75.0 cm³/mol. The highest BCUT2D eigenvalue weighted by atomic mass is 16.3. The average molecular weight is 276 g/mol. The van der Waals surface area contributed by atoms with E-state index in [-0.39, 0.29) is 24.3 Å². The highest BCUT2D eigenvalue weighted by molar-refractivity contribution is 5.94. The summed E-state index contributed by atoms with van der Waals surface area (Å²) in [5.74, 6) is 0.115. The second-order valence-corrected chi connectivity index (χ2v) is 5.25. The fraction of sp³-hybridized carbons (Fsp3) is 0.467. The molecule has 1 aromatic rings. The number of hydrogen-bond acceptors (Lipinski definition) is 3. The summed E-state index contributed by atoms with van der Waals surface area (Å²) >= 11 is 0. The van der Waals surface area contributed by atoms with Gasteiger partial charge < -0.3 is 15.7 Å². The van der Waals surface area contributed by atoms with Crippen molar-refractivity contribution in [1.29, 1.82) is 0 Å². The Hall–Kier alpha value is -1.88. The molecule has 108 valence electrons. The molecule has 2 amide bonds. The summed E-state index contributed by atoms with van der Waals surface area (Å²) in [4.78, 5) is 23.2. The van der Waals surface area contributed by atoms with Gasteiger partial charge in [0.05, 0.1) is 6.10 Å². The number of aliphatic hydroxyl groups is 1. The largest absolute Gasteiger partial charge is 0.392 e. The molecule has 2 rings (SSSR count). The summed E-state index contributed by atoms with van der Waals surface area (Å²) in [5.41, 5.74) is 1.51. The maximum atomic E-state index is 11.7. The van der Waals surface area contributed by atoms with Crippen LogP contribution < -0.4 is 10.6 Å². The minimum atomic E-state index is -0.559. The Kier molecular flexibility index (Phi) is 4.74. The first-order chi connectivity index (χ1) is 9.56. The van der Waals surface area contributed by atoms with Gasteiger partial charge in [0.25, 0.3) is 5.91 Å². The highest BCUT2D eigenvalue weighted by Crippen LogP contribution is 2.28. The molecular formula is C15H20N2O3.